The molecule has 316 valence electrons. The van der Waals surface area contributed by atoms with Crippen molar-refractivity contribution in [2.75, 3.05) is 54.2 Å². The Morgan fingerprint density at radius 3 is 1.34 bits per heavy atom. The molecule has 1 rings (SSSR count). The minimum absolute atomic E-state index is 0.0325. The molecule has 0 bridgehead atoms. The zero-order valence-electron chi connectivity index (χ0n) is 34.9. The summed E-state index contributed by atoms with van der Waals surface area (Å²) >= 11 is 0. The summed E-state index contributed by atoms with van der Waals surface area (Å²) in [4.78, 5) is 77.2. The number of likely N-dealkylation sites (tertiary alicyclic amines) is 1. The lowest BCUT2D eigenvalue weighted by molar-refractivity contribution is -0.147. The number of nitrogens with zero attached hydrogens (tertiary/aromatic N) is 2. The number of hydrogen-bond donors (Lipinski definition) is 1. The maximum Gasteiger partial charge on any atom is 0.333 e. The van der Waals surface area contributed by atoms with Gasteiger partial charge < -0.3 is 38.6 Å². The van der Waals surface area contributed by atoms with E-state index in [-0.39, 0.29) is 50.2 Å². The minimum Gasteiger partial charge on any atom is -0.466 e. The van der Waals surface area contributed by atoms with Gasteiger partial charge in [-0.25, -0.2) is 24.0 Å². The van der Waals surface area contributed by atoms with E-state index < -0.39 is 24.0 Å². The Balaban J connectivity index is -0.000000189. The SMILES string of the molecule is C=C(C)C(=O)OC.C=C(C)C(=O)OCC(O)CC.C=C(C)C(=O)OCCOC(=O)C(=C)C.C=CC(=O)N(C)C.C=CCOC(=O)C(=C)C.C=CN1CCCC1=O. The molecule has 1 N–H and O–H groups in total. The molecule has 1 aliphatic heterocycles. The molecule has 1 fully saturated rings. The van der Waals surface area contributed by atoms with Crippen LogP contribution in [-0.2, 0) is 57.2 Å². The third kappa shape index (κ3) is 39.4. The van der Waals surface area contributed by atoms with E-state index in [0.29, 0.717) is 40.7 Å². The fraction of sp³-hybridized carbons (Fsp3) is 0.439. The maximum absolute atomic E-state index is 10.8. The number of rotatable bonds is 15. The standard InChI is InChI=1S/C10H14O4.C8H14O3.C7H10O2.C6H9NO.C5H9NO.C5H8O2/c1-7(2)9(11)13-5-6-14-10(12)8(3)4;1-4-7(9)5-11-8(10)6(2)3;1-4-5-9-7(8)6(2)3;1-2-7-5-3-4-6(7)8;1-4-5(7)6(2)3;1-4(2)5(6)7-3/h1,3,5-6H2,2,4H3;7,9H,2,4-5H2,1,3H3;4H,1-2,5H2,3H3;2H,1,3-5H2;4H,1H2,2-3H3;1H2,2-3H3. The molecule has 1 unspecified atom stereocenters. The molecule has 0 saturated carbocycles. The molecule has 0 aromatic carbocycles. The van der Waals surface area contributed by atoms with E-state index in [1.54, 1.807) is 59.8 Å². The molecular weight excluding hydrogens is 728 g/mol. The van der Waals surface area contributed by atoms with Crippen LogP contribution in [0.5, 0.6) is 0 Å². The molecule has 0 aliphatic carbocycles. The van der Waals surface area contributed by atoms with Crippen LogP contribution in [-0.4, -0.2) is 117 Å². The van der Waals surface area contributed by atoms with E-state index in [1.807, 2.05) is 6.92 Å². The Labute approximate surface area is 333 Å². The van der Waals surface area contributed by atoms with Crippen molar-refractivity contribution >= 4 is 41.7 Å². The minimum atomic E-state index is -0.557. The van der Waals surface area contributed by atoms with E-state index in [2.05, 4.69) is 76.3 Å². The van der Waals surface area contributed by atoms with Crippen molar-refractivity contribution in [3.8, 4) is 0 Å². The lowest BCUT2D eigenvalue weighted by Gasteiger charge is -2.07. The van der Waals surface area contributed by atoms with Crippen LogP contribution in [0.4, 0.5) is 0 Å². The van der Waals surface area contributed by atoms with Gasteiger partial charge in [0.15, 0.2) is 0 Å². The van der Waals surface area contributed by atoms with E-state index in [9.17, 15) is 33.6 Å². The number of aliphatic hydroxyl groups excluding tert-OH is 1. The van der Waals surface area contributed by atoms with Crippen LogP contribution in [0.15, 0.2) is 98.8 Å². The monoisotopic (exact) mass is 792 g/mol. The smallest absolute Gasteiger partial charge is 0.333 e. The van der Waals surface area contributed by atoms with Crippen molar-refractivity contribution in [2.45, 2.75) is 66.9 Å². The van der Waals surface area contributed by atoms with Gasteiger partial charge in [-0.05, 0) is 59.7 Å². The molecule has 0 aromatic heterocycles. The van der Waals surface area contributed by atoms with Gasteiger partial charge in [0.1, 0.15) is 26.4 Å². The van der Waals surface area contributed by atoms with Crippen molar-refractivity contribution < 1.29 is 62.4 Å². The van der Waals surface area contributed by atoms with Gasteiger partial charge in [-0.15, -0.1) is 0 Å². The Kier molecular flexibility index (Phi) is 39.8. The highest BCUT2D eigenvalue weighted by atomic mass is 16.6. The van der Waals surface area contributed by atoms with Crippen molar-refractivity contribution in [1.82, 2.24) is 9.80 Å². The van der Waals surface area contributed by atoms with Crippen molar-refractivity contribution in [2.24, 2.45) is 0 Å². The number of hydrogen-bond acceptors (Lipinski definition) is 13. The summed E-state index contributed by atoms with van der Waals surface area (Å²) in [7, 11) is 4.70. The second kappa shape index (κ2) is 37.5. The summed E-state index contributed by atoms with van der Waals surface area (Å²) in [5, 5.41) is 8.98. The number of aliphatic hydroxyl groups is 1. The molecule has 0 spiro atoms. The van der Waals surface area contributed by atoms with Crippen molar-refractivity contribution in [3.05, 3.63) is 98.8 Å². The van der Waals surface area contributed by atoms with Gasteiger partial charge in [0.25, 0.3) is 0 Å². The first-order valence-electron chi connectivity index (χ1n) is 17.0. The highest BCUT2D eigenvalue weighted by molar-refractivity contribution is 5.88. The predicted octanol–water partition coefficient (Wildman–Crippen LogP) is 5.14. The molecule has 1 saturated heterocycles. The van der Waals surface area contributed by atoms with Gasteiger partial charge >= 0.3 is 29.8 Å². The molecule has 15 nitrogen and oxygen atoms in total. The van der Waals surface area contributed by atoms with Gasteiger partial charge in [0.2, 0.25) is 11.8 Å². The number of carbonyl (C=O) groups is 7. The quantitative estimate of drug-likeness (QED) is 0.0754. The van der Waals surface area contributed by atoms with E-state index in [0.717, 1.165) is 13.0 Å². The van der Waals surface area contributed by atoms with Crippen LogP contribution >= 0.6 is 0 Å². The number of likely N-dealkylation sites (N-methyl/N-ethyl adjacent to an activating group) is 1. The number of carbonyl (C=O) groups excluding carboxylic acids is 7. The Morgan fingerprint density at radius 1 is 0.732 bits per heavy atom. The van der Waals surface area contributed by atoms with Crippen LogP contribution in [0, 0.1) is 0 Å². The highest BCUT2D eigenvalue weighted by Crippen LogP contribution is 2.08. The van der Waals surface area contributed by atoms with Gasteiger partial charge in [0, 0.05) is 54.9 Å². The van der Waals surface area contributed by atoms with Gasteiger partial charge in [-0.3, -0.25) is 9.59 Å². The topological polar surface area (TPSA) is 192 Å². The third-order valence-corrected chi connectivity index (χ3v) is 5.63. The second-order valence-corrected chi connectivity index (χ2v) is 11.5. The van der Waals surface area contributed by atoms with Crippen LogP contribution in [0.1, 0.15) is 60.8 Å². The molecule has 56 heavy (non-hydrogen) atoms. The normalized spacial score (nSPS) is 10.7. The van der Waals surface area contributed by atoms with Crippen LogP contribution in [0.25, 0.3) is 0 Å². The average Bonchev–Trinajstić information content (AvgIpc) is 3.58. The fourth-order valence-electron chi connectivity index (χ4n) is 2.40. The largest absolute Gasteiger partial charge is 0.466 e. The molecule has 1 heterocycles. The molecule has 1 aliphatic rings. The van der Waals surface area contributed by atoms with Crippen molar-refractivity contribution in [3.63, 3.8) is 0 Å². The molecule has 0 radical (unpaired) electrons. The highest BCUT2D eigenvalue weighted by Gasteiger charge is 2.16. The second-order valence-electron chi connectivity index (χ2n) is 11.5. The Hall–Kier alpha value is -5.83. The van der Waals surface area contributed by atoms with E-state index in [1.165, 1.54) is 24.2 Å². The third-order valence-electron chi connectivity index (χ3n) is 5.63. The van der Waals surface area contributed by atoms with Crippen LogP contribution in [0.3, 0.4) is 0 Å². The predicted molar refractivity (Wildman–Crippen MR) is 216 cm³/mol. The number of amides is 2. The summed E-state index contributed by atoms with van der Waals surface area (Å²) in [6.07, 6.45) is 6.11. The zero-order chi connectivity index (χ0) is 45.0. The van der Waals surface area contributed by atoms with Crippen molar-refractivity contribution in [1.29, 1.82) is 0 Å². The first kappa shape index (κ1) is 59.4. The Bertz CT molecular complexity index is 1350. The average molecular weight is 793 g/mol. The van der Waals surface area contributed by atoms with Gasteiger partial charge in [-0.1, -0.05) is 65.6 Å². The Morgan fingerprint density at radius 2 is 1.12 bits per heavy atom. The molecule has 15 heteroatoms. The van der Waals surface area contributed by atoms with E-state index >= 15 is 0 Å². The number of ether oxygens (including phenoxy) is 5. The molecule has 0 aromatic rings. The molecular formula is C41H64N2O13. The lowest BCUT2D eigenvalue weighted by Crippen LogP contribution is -2.18. The summed E-state index contributed by atoms with van der Waals surface area (Å²) in [6.45, 7) is 38.1. The number of esters is 5. The summed E-state index contributed by atoms with van der Waals surface area (Å²) in [6, 6.07) is 0. The fourth-order valence-corrected chi connectivity index (χ4v) is 2.40. The van der Waals surface area contributed by atoms with E-state index in [4.69, 9.17) is 5.11 Å². The number of methoxy groups -OCH3 is 1. The van der Waals surface area contributed by atoms with Gasteiger partial charge in [0.05, 0.1) is 13.2 Å². The van der Waals surface area contributed by atoms with Gasteiger partial charge in [-0.2, -0.15) is 0 Å². The summed E-state index contributed by atoms with van der Waals surface area (Å²) < 4.78 is 22.9. The summed E-state index contributed by atoms with van der Waals surface area (Å²) in [5.74, 6) is -1.99. The van der Waals surface area contributed by atoms with Crippen LogP contribution < -0.4 is 0 Å². The first-order chi connectivity index (χ1) is 25.9. The van der Waals surface area contributed by atoms with Crippen LogP contribution in [0.2, 0.25) is 0 Å². The molecule has 1 atom stereocenters. The summed E-state index contributed by atoms with van der Waals surface area (Å²) in [5.41, 5.74) is 1.83. The molecule has 2 amide bonds. The first-order valence-corrected chi connectivity index (χ1v) is 17.0. The lowest BCUT2D eigenvalue weighted by atomic mass is 10.3. The maximum atomic E-state index is 10.8. The zero-order valence-corrected chi connectivity index (χ0v) is 34.9.